The van der Waals surface area contributed by atoms with Crippen molar-refractivity contribution in [1.82, 2.24) is 10.2 Å². The van der Waals surface area contributed by atoms with Crippen LogP contribution in [0.15, 0.2) is 39.6 Å². The summed E-state index contributed by atoms with van der Waals surface area (Å²) in [5.41, 5.74) is 1.09. The number of furan rings is 1. The zero-order valence-corrected chi connectivity index (χ0v) is 15.9. The average molecular weight is 379 g/mol. The Kier molecular flexibility index (Phi) is 5.86. The quantitative estimate of drug-likeness (QED) is 0.799. The third-order valence-corrected chi connectivity index (χ3v) is 6.01. The van der Waals surface area contributed by atoms with Gasteiger partial charge >= 0.3 is 0 Å². The highest BCUT2D eigenvalue weighted by atomic mass is 32.2. The average Bonchev–Trinajstić information content (AvgIpc) is 3.31. The molecule has 1 fully saturated rings. The molecule has 0 radical (unpaired) electrons. The predicted molar refractivity (Wildman–Crippen MR) is 100 cm³/mol. The Bertz CT molecular complexity index is 698. The molecule has 3 rings (SSSR count). The largest absolute Gasteiger partial charge is 0.467 e. The molecule has 5 nitrogen and oxygen atoms in total. The highest BCUT2D eigenvalue weighted by Gasteiger charge is 2.41. The van der Waals surface area contributed by atoms with Crippen LogP contribution in [0.2, 0.25) is 0 Å². The summed E-state index contributed by atoms with van der Waals surface area (Å²) in [7, 11) is 0. The van der Waals surface area contributed by atoms with Crippen molar-refractivity contribution in [3.05, 3.63) is 46.5 Å². The van der Waals surface area contributed by atoms with E-state index in [-0.39, 0.29) is 17.2 Å². The van der Waals surface area contributed by atoms with Gasteiger partial charge in [0.25, 0.3) is 0 Å². The summed E-state index contributed by atoms with van der Waals surface area (Å²) in [6, 6.07) is 5.17. The molecule has 0 unspecified atom stereocenters. The molecule has 0 bridgehead atoms. The number of thiophene rings is 1. The molecular weight excluding hydrogens is 356 g/mol. The second-order valence-electron chi connectivity index (χ2n) is 6.46. The van der Waals surface area contributed by atoms with Crippen molar-refractivity contribution >= 4 is 34.9 Å². The maximum Gasteiger partial charge on any atom is 0.243 e. The van der Waals surface area contributed by atoms with E-state index in [1.807, 2.05) is 17.5 Å². The van der Waals surface area contributed by atoms with Crippen LogP contribution in [-0.4, -0.2) is 28.5 Å². The first-order valence-electron chi connectivity index (χ1n) is 8.31. The summed E-state index contributed by atoms with van der Waals surface area (Å²) in [5.74, 6) is 1.33. The van der Waals surface area contributed by atoms with Crippen LogP contribution < -0.4 is 5.32 Å². The van der Waals surface area contributed by atoms with Gasteiger partial charge in [-0.3, -0.25) is 9.59 Å². The Morgan fingerprint density at radius 1 is 1.44 bits per heavy atom. The molecule has 134 valence electrons. The minimum absolute atomic E-state index is 0.0278. The Morgan fingerprint density at radius 3 is 2.92 bits per heavy atom. The number of thioether (sulfide) groups is 1. The van der Waals surface area contributed by atoms with E-state index in [1.165, 1.54) is 0 Å². The third-order valence-electron chi connectivity index (χ3n) is 4.08. The first kappa shape index (κ1) is 18.1. The lowest BCUT2D eigenvalue weighted by atomic mass is 10.0. The van der Waals surface area contributed by atoms with Gasteiger partial charge in [-0.1, -0.05) is 13.8 Å². The molecule has 2 aromatic rings. The van der Waals surface area contributed by atoms with Crippen LogP contribution in [0.25, 0.3) is 0 Å². The number of rotatable bonds is 7. The number of carbonyl (C=O) groups excluding carboxylic acids is 2. The molecule has 0 aliphatic carbocycles. The summed E-state index contributed by atoms with van der Waals surface area (Å²) in [4.78, 5) is 27.2. The Balaban J connectivity index is 1.78. The molecule has 2 atom stereocenters. The van der Waals surface area contributed by atoms with Crippen LogP contribution in [0.3, 0.4) is 0 Å². The van der Waals surface area contributed by atoms with Gasteiger partial charge in [0.1, 0.15) is 17.2 Å². The number of hydrogen-bond acceptors (Lipinski definition) is 5. The van der Waals surface area contributed by atoms with Gasteiger partial charge in [0.05, 0.1) is 18.6 Å². The normalized spacial score (nSPS) is 18.8. The van der Waals surface area contributed by atoms with E-state index >= 15 is 0 Å². The predicted octanol–water partition coefficient (Wildman–Crippen LogP) is 3.65. The van der Waals surface area contributed by atoms with Crippen molar-refractivity contribution in [3.8, 4) is 0 Å². The van der Waals surface area contributed by atoms with E-state index in [2.05, 4.69) is 24.5 Å². The molecule has 1 aliphatic heterocycles. The zero-order chi connectivity index (χ0) is 17.8. The number of amides is 2. The molecule has 0 spiro atoms. The Labute approximate surface area is 155 Å². The lowest BCUT2D eigenvalue weighted by Gasteiger charge is -2.32. The van der Waals surface area contributed by atoms with Crippen LogP contribution in [-0.2, 0) is 16.1 Å². The molecule has 25 heavy (non-hydrogen) atoms. The van der Waals surface area contributed by atoms with E-state index in [4.69, 9.17) is 4.42 Å². The third kappa shape index (κ3) is 4.27. The molecule has 1 aliphatic rings. The van der Waals surface area contributed by atoms with Crippen LogP contribution in [0, 0.1) is 5.92 Å². The summed E-state index contributed by atoms with van der Waals surface area (Å²) in [6.07, 6.45) is 2.22. The number of nitrogens with one attached hydrogen (secondary N) is 1. The second-order valence-corrected chi connectivity index (χ2v) is 8.31. The van der Waals surface area contributed by atoms with E-state index in [9.17, 15) is 9.59 Å². The van der Waals surface area contributed by atoms with Gasteiger partial charge in [0, 0.05) is 0 Å². The molecule has 3 heterocycles. The lowest BCUT2D eigenvalue weighted by Crippen LogP contribution is -2.49. The molecular formula is C18H22N2O3S2. The number of nitrogens with zero attached hydrogens (tertiary/aromatic N) is 1. The number of hydrogen-bond donors (Lipinski definition) is 1. The number of carbonyl (C=O) groups is 2. The maximum atomic E-state index is 12.9. The molecule has 0 aromatic carbocycles. The molecule has 2 aromatic heterocycles. The zero-order valence-electron chi connectivity index (χ0n) is 14.3. The molecule has 0 saturated carbocycles. The van der Waals surface area contributed by atoms with Gasteiger partial charge in [-0.25, -0.2) is 0 Å². The fourth-order valence-corrected chi connectivity index (χ4v) is 4.92. The standard InChI is InChI=1S/C18H22N2O3S2/c1-12(2)8-15(17(22)19-9-14-4-3-6-23-14)20-16(21)11-25-18(20)13-5-7-24-10-13/h3-7,10,12,15,18H,8-9,11H2,1-2H3,(H,19,22)/t15-,18+/m0/s1. The van der Waals surface area contributed by atoms with E-state index in [1.54, 1.807) is 40.3 Å². The minimum atomic E-state index is -0.470. The summed E-state index contributed by atoms with van der Waals surface area (Å²) < 4.78 is 5.27. The van der Waals surface area contributed by atoms with Gasteiger partial charge < -0.3 is 14.6 Å². The van der Waals surface area contributed by atoms with Crippen LogP contribution in [0.4, 0.5) is 0 Å². The minimum Gasteiger partial charge on any atom is -0.467 e. The monoisotopic (exact) mass is 378 g/mol. The smallest absolute Gasteiger partial charge is 0.243 e. The second kappa shape index (κ2) is 8.10. The fraction of sp³-hybridized carbons (Fsp3) is 0.444. The SMILES string of the molecule is CC(C)C[C@@H](C(=O)NCc1ccco1)N1C(=O)CS[C@@H]1c1ccsc1. The summed E-state index contributed by atoms with van der Waals surface area (Å²) >= 11 is 3.20. The van der Waals surface area contributed by atoms with Crippen LogP contribution >= 0.6 is 23.1 Å². The molecule has 1 N–H and O–H groups in total. The lowest BCUT2D eigenvalue weighted by molar-refractivity contribution is -0.139. The Morgan fingerprint density at radius 2 is 2.28 bits per heavy atom. The molecule has 2 amide bonds. The van der Waals surface area contributed by atoms with Crippen molar-refractivity contribution in [3.63, 3.8) is 0 Å². The van der Waals surface area contributed by atoms with E-state index in [0.29, 0.717) is 30.4 Å². The molecule has 1 saturated heterocycles. The van der Waals surface area contributed by atoms with E-state index < -0.39 is 6.04 Å². The maximum absolute atomic E-state index is 12.9. The first-order chi connectivity index (χ1) is 12.1. The van der Waals surface area contributed by atoms with Crippen LogP contribution in [0.1, 0.15) is 37.0 Å². The summed E-state index contributed by atoms with van der Waals surface area (Å²) in [5, 5.41) is 6.89. The Hall–Kier alpha value is -1.73. The van der Waals surface area contributed by atoms with Gasteiger partial charge in [-0.05, 0) is 46.9 Å². The van der Waals surface area contributed by atoms with Gasteiger partial charge in [-0.2, -0.15) is 11.3 Å². The van der Waals surface area contributed by atoms with E-state index in [0.717, 1.165) is 5.56 Å². The molecule has 7 heteroatoms. The van der Waals surface area contributed by atoms with Gasteiger partial charge in [-0.15, -0.1) is 11.8 Å². The fourth-order valence-electron chi connectivity index (χ4n) is 2.94. The van der Waals surface area contributed by atoms with Crippen molar-refractivity contribution in [1.29, 1.82) is 0 Å². The van der Waals surface area contributed by atoms with Crippen molar-refractivity contribution in [2.45, 2.75) is 38.2 Å². The van der Waals surface area contributed by atoms with Crippen molar-refractivity contribution < 1.29 is 14.0 Å². The van der Waals surface area contributed by atoms with Gasteiger partial charge in [0.15, 0.2) is 0 Å². The highest BCUT2D eigenvalue weighted by Crippen LogP contribution is 2.41. The topological polar surface area (TPSA) is 62.6 Å². The van der Waals surface area contributed by atoms with Crippen molar-refractivity contribution in [2.75, 3.05) is 5.75 Å². The summed E-state index contributed by atoms with van der Waals surface area (Å²) in [6.45, 7) is 4.47. The first-order valence-corrected chi connectivity index (χ1v) is 10.3. The van der Waals surface area contributed by atoms with Crippen LogP contribution in [0.5, 0.6) is 0 Å². The highest BCUT2D eigenvalue weighted by molar-refractivity contribution is 8.00. The van der Waals surface area contributed by atoms with Crippen molar-refractivity contribution in [2.24, 2.45) is 5.92 Å². The van der Waals surface area contributed by atoms with Gasteiger partial charge in [0.2, 0.25) is 11.8 Å².